The number of anilines is 1. The van der Waals surface area contributed by atoms with Gasteiger partial charge in [0.2, 0.25) is 0 Å². The van der Waals surface area contributed by atoms with Gasteiger partial charge in [0.1, 0.15) is 0 Å². The standard InChI is InChI=1S/C20H19N3O2S/c1-14-7-8-16(19(24)22-10-9-18-21-11-12-26-18)13-17(14)23-20(25)15-5-3-2-4-6-15/h2-8,11-13H,9-10H2,1H3,(H,22,24)(H,23,25). The monoisotopic (exact) mass is 365 g/mol. The minimum atomic E-state index is -0.199. The molecule has 6 heteroatoms. The van der Waals surface area contributed by atoms with Crippen LogP contribution >= 0.6 is 11.3 Å². The lowest BCUT2D eigenvalue weighted by molar-refractivity contribution is 0.0952. The number of aromatic nitrogens is 1. The topological polar surface area (TPSA) is 71.1 Å². The molecule has 0 bridgehead atoms. The Bertz CT molecular complexity index is 893. The van der Waals surface area contributed by atoms with E-state index in [4.69, 9.17) is 0 Å². The van der Waals surface area contributed by atoms with Gasteiger partial charge in [-0.3, -0.25) is 9.59 Å². The lowest BCUT2D eigenvalue weighted by Gasteiger charge is -2.11. The van der Waals surface area contributed by atoms with E-state index in [9.17, 15) is 9.59 Å². The Morgan fingerprint density at radius 3 is 2.58 bits per heavy atom. The third kappa shape index (κ3) is 4.55. The van der Waals surface area contributed by atoms with Crippen molar-refractivity contribution in [1.82, 2.24) is 10.3 Å². The zero-order valence-electron chi connectivity index (χ0n) is 14.4. The minimum absolute atomic E-state index is 0.170. The molecule has 0 saturated carbocycles. The maximum Gasteiger partial charge on any atom is 0.255 e. The van der Waals surface area contributed by atoms with E-state index in [2.05, 4.69) is 15.6 Å². The second kappa shape index (κ2) is 8.40. The molecule has 0 aliphatic heterocycles. The minimum Gasteiger partial charge on any atom is -0.352 e. The van der Waals surface area contributed by atoms with Gasteiger partial charge < -0.3 is 10.6 Å². The number of amides is 2. The zero-order chi connectivity index (χ0) is 18.4. The summed E-state index contributed by atoms with van der Waals surface area (Å²) >= 11 is 1.57. The van der Waals surface area contributed by atoms with Crippen molar-refractivity contribution in [2.45, 2.75) is 13.3 Å². The number of rotatable bonds is 6. The van der Waals surface area contributed by atoms with E-state index in [0.717, 1.165) is 10.6 Å². The summed E-state index contributed by atoms with van der Waals surface area (Å²) in [5.41, 5.74) is 2.61. The first-order valence-electron chi connectivity index (χ1n) is 8.27. The van der Waals surface area contributed by atoms with Crippen LogP contribution in [0.25, 0.3) is 0 Å². The first-order valence-corrected chi connectivity index (χ1v) is 9.15. The summed E-state index contributed by atoms with van der Waals surface area (Å²) in [5.74, 6) is -0.369. The molecule has 0 unspecified atom stereocenters. The Labute approximate surface area is 156 Å². The van der Waals surface area contributed by atoms with E-state index in [0.29, 0.717) is 29.8 Å². The molecule has 0 fully saturated rings. The number of benzene rings is 2. The number of hydrogen-bond donors (Lipinski definition) is 2. The van der Waals surface area contributed by atoms with E-state index in [1.54, 1.807) is 41.8 Å². The van der Waals surface area contributed by atoms with Crippen molar-refractivity contribution in [1.29, 1.82) is 0 Å². The van der Waals surface area contributed by atoms with Crippen LogP contribution in [0.5, 0.6) is 0 Å². The molecule has 26 heavy (non-hydrogen) atoms. The Balaban J connectivity index is 1.64. The molecule has 0 saturated heterocycles. The predicted molar refractivity (Wildman–Crippen MR) is 104 cm³/mol. The van der Waals surface area contributed by atoms with Gasteiger partial charge in [-0.15, -0.1) is 11.3 Å². The fourth-order valence-corrected chi connectivity index (χ4v) is 3.06. The van der Waals surface area contributed by atoms with Crippen LogP contribution in [0.3, 0.4) is 0 Å². The quantitative estimate of drug-likeness (QED) is 0.700. The largest absolute Gasteiger partial charge is 0.352 e. The molecule has 1 aromatic heterocycles. The summed E-state index contributed by atoms with van der Waals surface area (Å²) < 4.78 is 0. The molecule has 0 aliphatic carbocycles. The molecule has 132 valence electrons. The van der Waals surface area contributed by atoms with Gasteiger partial charge in [0.05, 0.1) is 5.01 Å². The molecule has 5 nitrogen and oxygen atoms in total. The second-order valence-corrected chi connectivity index (χ2v) is 6.76. The Hall–Kier alpha value is -2.99. The number of carbonyl (C=O) groups excluding carboxylic acids is 2. The van der Waals surface area contributed by atoms with Crippen LogP contribution in [0.2, 0.25) is 0 Å². The van der Waals surface area contributed by atoms with Gasteiger partial charge in [0.15, 0.2) is 0 Å². The van der Waals surface area contributed by atoms with Crippen molar-refractivity contribution in [3.05, 3.63) is 81.8 Å². The summed E-state index contributed by atoms with van der Waals surface area (Å²) in [6.07, 6.45) is 2.45. The van der Waals surface area contributed by atoms with E-state index in [1.165, 1.54) is 0 Å². The van der Waals surface area contributed by atoms with Crippen molar-refractivity contribution < 1.29 is 9.59 Å². The molecule has 2 N–H and O–H groups in total. The molecule has 2 amide bonds. The van der Waals surface area contributed by atoms with Crippen molar-refractivity contribution in [3.8, 4) is 0 Å². The number of nitrogens with zero attached hydrogens (tertiary/aromatic N) is 1. The molecule has 0 radical (unpaired) electrons. The summed E-state index contributed by atoms with van der Waals surface area (Å²) in [7, 11) is 0. The Morgan fingerprint density at radius 2 is 1.85 bits per heavy atom. The van der Waals surface area contributed by atoms with Crippen molar-refractivity contribution >= 4 is 28.8 Å². The lowest BCUT2D eigenvalue weighted by atomic mass is 10.1. The SMILES string of the molecule is Cc1ccc(C(=O)NCCc2nccs2)cc1NC(=O)c1ccccc1. The fourth-order valence-electron chi connectivity index (χ4n) is 2.44. The smallest absolute Gasteiger partial charge is 0.255 e. The maximum absolute atomic E-state index is 12.4. The van der Waals surface area contributed by atoms with Gasteiger partial charge in [0, 0.05) is 41.4 Å². The molecular formula is C20H19N3O2S. The summed E-state index contributed by atoms with van der Waals surface area (Å²) in [6.45, 7) is 2.41. The van der Waals surface area contributed by atoms with Crippen LogP contribution < -0.4 is 10.6 Å². The molecule has 3 aromatic rings. The average Bonchev–Trinajstić information content (AvgIpc) is 3.17. The van der Waals surface area contributed by atoms with Gasteiger partial charge in [0.25, 0.3) is 11.8 Å². The highest BCUT2D eigenvalue weighted by Crippen LogP contribution is 2.18. The molecule has 2 aromatic carbocycles. The normalized spacial score (nSPS) is 10.3. The van der Waals surface area contributed by atoms with Crippen molar-refractivity contribution in [2.75, 3.05) is 11.9 Å². The summed E-state index contributed by atoms with van der Waals surface area (Å²) in [5, 5.41) is 8.66. The highest BCUT2D eigenvalue weighted by molar-refractivity contribution is 7.09. The fraction of sp³-hybridized carbons (Fsp3) is 0.150. The number of aryl methyl sites for hydroxylation is 1. The Morgan fingerprint density at radius 1 is 1.04 bits per heavy atom. The third-order valence-corrected chi connectivity index (χ3v) is 4.73. The van der Waals surface area contributed by atoms with Crippen LogP contribution in [0.15, 0.2) is 60.1 Å². The number of thiazole rings is 1. The zero-order valence-corrected chi connectivity index (χ0v) is 15.2. The van der Waals surface area contributed by atoms with E-state index < -0.39 is 0 Å². The number of nitrogens with one attached hydrogen (secondary N) is 2. The van der Waals surface area contributed by atoms with E-state index in [1.807, 2.05) is 36.6 Å². The summed E-state index contributed by atoms with van der Waals surface area (Å²) in [6, 6.07) is 14.3. The van der Waals surface area contributed by atoms with Crippen LogP contribution in [-0.4, -0.2) is 23.3 Å². The average molecular weight is 365 g/mol. The van der Waals surface area contributed by atoms with Crippen LogP contribution in [0, 0.1) is 6.92 Å². The maximum atomic E-state index is 12.4. The van der Waals surface area contributed by atoms with Gasteiger partial charge >= 0.3 is 0 Å². The van der Waals surface area contributed by atoms with Gasteiger partial charge in [-0.05, 0) is 36.8 Å². The molecule has 3 rings (SSSR count). The first kappa shape index (κ1) is 17.8. The second-order valence-electron chi connectivity index (χ2n) is 5.78. The third-order valence-electron chi connectivity index (χ3n) is 3.89. The van der Waals surface area contributed by atoms with Crippen molar-refractivity contribution in [2.24, 2.45) is 0 Å². The highest BCUT2D eigenvalue weighted by Gasteiger charge is 2.11. The van der Waals surface area contributed by atoms with Crippen LogP contribution in [-0.2, 0) is 6.42 Å². The van der Waals surface area contributed by atoms with Crippen molar-refractivity contribution in [3.63, 3.8) is 0 Å². The first-order chi connectivity index (χ1) is 12.6. The Kier molecular flexibility index (Phi) is 5.76. The highest BCUT2D eigenvalue weighted by atomic mass is 32.1. The molecular weight excluding hydrogens is 346 g/mol. The molecule has 0 aliphatic rings. The van der Waals surface area contributed by atoms with Crippen LogP contribution in [0.1, 0.15) is 31.3 Å². The molecule has 1 heterocycles. The predicted octanol–water partition coefficient (Wildman–Crippen LogP) is 3.68. The lowest BCUT2D eigenvalue weighted by Crippen LogP contribution is -2.26. The summed E-state index contributed by atoms with van der Waals surface area (Å²) in [4.78, 5) is 28.9. The molecule has 0 atom stereocenters. The van der Waals surface area contributed by atoms with Crippen LogP contribution in [0.4, 0.5) is 5.69 Å². The van der Waals surface area contributed by atoms with E-state index in [-0.39, 0.29) is 11.8 Å². The molecule has 0 spiro atoms. The van der Waals surface area contributed by atoms with E-state index >= 15 is 0 Å². The van der Waals surface area contributed by atoms with Gasteiger partial charge in [-0.2, -0.15) is 0 Å². The number of carbonyl (C=O) groups is 2. The van der Waals surface area contributed by atoms with Gasteiger partial charge in [-0.25, -0.2) is 4.98 Å². The number of hydrogen-bond acceptors (Lipinski definition) is 4. The van der Waals surface area contributed by atoms with Gasteiger partial charge in [-0.1, -0.05) is 24.3 Å².